The zero-order chi connectivity index (χ0) is 83.3. The van der Waals surface area contributed by atoms with Crippen LogP contribution in [0.15, 0.2) is 244 Å². The second kappa shape index (κ2) is 73.3. The molecule has 1 saturated heterocycles. The van der Waals surface area contributed by atoms with Gasteiger partial charge in [0.1, 0.15) is 6.29 Å². The zero-order valence-electron chi connectivity index (χ0n) is 70.5. The molecule has 648 valence electrons. The Bertz CT molecular complexity index is 3960. The number of halogens is 5. The molecule has 10 aromatic rings. The predicted molar refractivity (Wildman–Crippen MR) is 523 cm³/mol. The summed E-state index contributed by atoms with van der Waals surface area (Å²) in [5.74, 6) is 8.31. The van der Waals surface area contributed by atoms with E-state index in [1.165, 1.54) is 94.1 Å². The Morgan fingerprint density at radius 3 is 0.874 bits per heavy atom. The number of nitrogens with one attached hydrogen (secondary N) is 1. The molecular formula is C92H127Br5N11O3S8+3. The molecule has 0 atom stereocenters. The maximum Gasteiger partial charge on any atom is 0.300 e. The third-order valence-electron chi connectivity index (χ3n) is 16.8. The van der Waals surface area contributed by atoms with E-state index in [1.54, 1.807) is 6.20 Å². The minimum atomic E-state index is -0.833. The lowest BCUT2D eigenvalue weighted by molar-refractivity contribution is -0.698. The molecule has 0 amide bonds. The highest BCUT2D eigenvalue weighted by Crippen LogP contribution is 2.24. The van der Waals surface area contributed by atoms with Crippen molar-refractivity contribution in [3.63, 3.8) is 0 Å². The SMILES string of the molecule is BrCCSSCCBr.C.C1CCNC1.CC(=O)O.CN(C)c1ccc(/C=C/c2cccc[n+]2CCSSCC[n+]2ccccc2/C=C/c2ccc(N(C)C)cc2)cc1.CN(C)c1ccc(C=O)cc1.Cc1cccc[n+]1CCSSCC[n+]1ccccc1C.Cc1cccc[n+]1CCSSCC[n+]1ccccc1C.Cc1ccccn1.[Br-].[Br-].[Br-]. The zero-order valence-corrected chi connectivity index (χ0v) is 85.0. The number of alkyl halides is 2. The summed E-state index contributed by atoms with van der Waals surface area (Å²) in [4.78, 5) is 29.5. The molecule has 0 radical (unpaired) electrons. The van der Waals surface area contributed by atoms with Gasteiger partial charge in [0.15, 0.2) is 99.2 Å². The van der Waals surface area contributed by atoms with Crippen LogP contribution in [0.3, 0.4) is 0 Å². The number of pyridine rings is 7. The van der Waals surface area contributed by atoms with Crippen molar-refractivity contribution in [3.8, 4) is 0 Å². The summed E-state index contributed by atoms with van der Waals surface area (Å²) in [7, 11) is 27.8. The van der Waals surface area contributed by atoms with E-state index >= 15 is 0 Å². The van der Waals surface area contributed by atoms with Crippen molar-refractivity contribution < 1.29 is 93.0 Å². The van der Waals surface area contributed by atoms with Crippen LogP contribution in [0, 0.1) is 34.6 Å². The van der Waals surface area contributed by atoms with E-state index in [1.807, 2.05) is 155 Å². The number of carbonyl (C=O) groups excluding carboxylic acids is 1. The van der Waals surface area contributed by atoms with E-state index in [0.29, 0.717) is 0 Å². The first kappa shape index (κ1) is 114. The van der Waals surface area contributed by atoms with Crippen molar-refractivity contribution in [1.82, 2.24) is 10.3 Å². The highest BCUT2D eigenvalue weighted by Gasteiger charge is 2.12. The van der Waals surface area contributed by atoms with Gasteiger partial charge in [0, 0.05) is 219 Å². The van der Waals surface area contributed by atoms with Crippen LogP contribution in [-0.4, -0.2) is 134 Å². The van der Waals surface area contributed by atoms with Crippen LogP contribution >= 0.6 is 118 Å². The van der Waals surface area contributed by atoms with Crippen molar-refractivity contribution >= 4 is 172 Å². The van der Waals surface area contributed by atoms with E-state index in [-0.39, 0.29) is 58.4 Å². The molecule has 2 N–H and O–H groups in total. The molecule has 0 saturated carbocycles. The largest absolute Gasteiger partial charge is 1.00 e. The number of aromatic nitrogens is 7. The number of carboxylic acid groups (broad SMARTS) is 1. The maximum atomic E-state index is 10.3. The van der Waals surface area contributed by atoms with Gasteiger partial charge >= 0.3 is 0 Å². The number of benzene rings is 3. The highest BCUT2D eigenvalue weighted by molar-refractivity contribution is 9.09. The molecule has 119 heavy (non-hydrogen) atoms. The summed E-state index contributed by atoms with van der Waals surface area (Å²) in [5.41, 5.74) is 15.5. The summed E-state index contributed by atoms with van der Waals surface area (Å²) >= 11 is 6.71. The average Bonchev–Trinajstić information content (AvgIpc) is 1.07. The normalized spacial score (nSPS) is 10.7. The summed E-state index contributed by atoms with van der Waals surface area (Å²) in [6.07, 6.45) is 27.2. The van der Waals surface area contributed by atoms with Crippen molar-refractivity contribution in [1.29, 1.82) is 0 Å². The second-order valence-electron chi connectivity index (χ2n) is 26.4. The Balaban J connectivity index is 0.00000149. The van der Waals surface area contributed by atoms with Crippen LogP contribution in [0.1, 0.15) is 88.5 Å². The van der Waals surface area contributed by atoms with Gasteiger partial charge in [-0.05, 0) is 129 Å². The Hall–Kier alpha value is -5.11. The molecular weight excluding hydrogens is 1960 g/mol. The number of hydrogen-bond donors (Lipinski definition) is 2. The summed E-state index contributed by atoms with van der Waals surface area (Å²) in [5, 5.41) is 12.8. The lowest BCUT2D eigenvalue weighted by Crippen LogP contribution is -3.00. The van der Waals surface area contributed by atoms with Crippen molar-refractivity contribution in [2.75, 3.05) is 127 Å². The van der Waals surface area contributed by atoms with Crippen LogP contribution in [-0.2, 0) is 44.1 Å². The fourth-order valence-electron chi connectivity index (χ4n) is 10.3. The van der Waals surface area contributed by atoms with E-state index in [2.05, 4.69) is 354 Å². The first-order valence-electron chi connectivity index (χ1n) is 38.6. The minimum Gasteiger partial charge on any atom is -1.00 e. The predicted octanol–water partition coefficient (Wildman–Crippen LogP) is 11.0. The quantitative estimate of drug-likeness (QED) is 0.0131. The number of carbonyl (C=O) groups is 2. The van der Waals surface area contributed by atoms with Crippen molar-refractivity contribution in [2.24, 2.45) is 0 Å². The summed E-state index contributed by atoms with van der Waals surface area (Å²) in [6.45, 7) is 20.5. The number of rotatable bonds is 34. The Morgan fingerprint density at radius 2 is 0.647 bits per heavy atom. The van der Waals surface area contributed by atoms with E-state index < -0.39 is 5.97 Å². The van der Waals surface area contributed by atoms with Crippen LogP contribution in [0.2, 0.25) is 0 Å². The summed E-state index contributed by atoms with van der Waals surface area (Å²) < 4.78 is 13.9. The second-order valence-corrected chi connectivity index (χ2v) is 38.8. The average molecular weight is 2090 g/mol. The molecule has 7 aromatic heterocycles. The minimum absolute atomic E-state index is 0. The van der Waals surface area contributed by atoms with Gasteiger partial charge in [0.25, 0.3) is 5.97 Å². The Labute approximate surface area is 794 Å². The smallest absolute Gasteiger partial charge is 0.300 e. The Kier molecular flexibility index (Phi) is 70.1. The lowest BCUT2D eigenvalue weighted by atomic mass is 10.1. The third-order valence-corrected chi connectivity index (χ3v) is 28.1. The molecule has 0 bridgehead atoms. The molecule has 1 fully saturated rings. The molecule has 8 heterocycles. The molecule has 0 spiro atoms. The van der Waals surface area contributed by atoms with Gasteiger partial charge < -0.3 is 76.1 Å². The Morgan fingerprint density at radius 1 is 0.387 bits per heavy atom. The molecule has 0 aliphatic carbocycles. The molecule has 1 aliphatic rings. The number of aliphatic carboxylic acids is 1. The van der Waals surface area contributed by atoms with Gasteiger partial charge in [-0.3, -0.25) is 14.6 Å². The van der Waals surface area contributed by atoms with Gasteiger partial charge in [0.05, 0.1) is 34.5 Å². The van der Waals surface area contributed by atoms with Crippen molar-refractivity contribution in [2.45, 2.75) is 101 Å². The molecule has 14 nitrogen and oxygen atoms in total. The van der Waals surface area contributed by atoms with Gasteiger partial charge in [-0.15, -0.1) is 0 Å². The first-order valence-corrected chi connectivity index (χ1v) is 50.8. The maximum absolute atomic E-state index is 10.3. The van der Waals surface area contributed by atoms with Crippen LogP contribution < -0.4 is 98.4 Å². The fraction of sp³-hybridized carbons (Fsp3) is 0.359. The van der Waals surface area contributed by atoms with Gasteiger partial charge in [0.2, 0.25) is 11.4 Å². The van der Waals surface area contributed by atoms with Gasteiger partial charge in [-0.25, -0.2) is 18.3 Å². The van der Waals surface area contributed by atoms with E-state index in [0.717, 1.165) is 115 Å². The first-order chi connectivity index (χ1) is 55.8. The third kappa shape index (κ3) is 54.3. The number of aryl methyl sites for hydroxylation is 11. The molecule has 3 aromatic carbocycles. The van der Waals surface area contributed by atoms with Crippen LogP contribution in [0.4, 0.5) is 17.1 Å². The van der Waals surface area contributed by atoms with Gasteiger partial charge in [-0.2, -0.15) is 9.13 Å². The van der Waals surface area contributed by atoms with E-state index in [4.69, 9.17) is 9.90 Å². The standard InChI is InChI=1S/C34H40N4S2.2C16H22N2S2.C9H11NO.C6H7N.C4H8Br2S2.C4H9N.C2H4O2.CH4.3BrH/c1-35(2)31-17-11-29(12-18-31)15-21-33-9-5-7-23-37(33)25-27-39-40-28-26-38-24-8-6-10-34(38)22-16-30-13-19-32(20-14-30)36(3)4;2*1-15-7-3-5-9-17(15)11-13-19-20-14-12-18-10-6-4-8-16(18)2;1-10(2)9-5-3-8(7-11)4-6-9;1-6-4-2-3-5-7-6;5-1-3-7-8-4-2-6;1-2-4-5-3-1;1-2(3)4;;;;/h5-24H,25-28H2,1-4H3;2*3-10H,11-14H2,1-2H3;3-7H,1-2H3;2-5H,1H3;1-4H2;5H,1-4H2;1H3,(H,3,4);1H4;3*1H/q3*+2;;;;;;;;;/p-3. The fourth-order valence-corrected chi connectivity index (χ4v) is 20.0. The molecule has 11 rings (SSSR count). The van der Waals surface area contributed by atoms with Gasteiger partial charge in [-0.1, -0.05) is 180 Å². The number of aldehydes is 1. The highest BCUT2D eigenvalue weighted by atomic mass is 79.9. The molecule has 1 aliphatic heterocycles. The molecule has 27 heteroatoms. The van der Waals surface area contributed by atoms with Crippen molar-refractivity contribution in [3.05, 3.63) is 300 Å². The van der Waals surface area contributed by atoms with Crippen LogP contribution in [0.25, 0.3) is 24.3 Å². The molecule has 0 unspecified atom stereocenters. The van der Waals surface area contributed by atoms with E-state index in [9.17, 15) is 4.79 Å². The monoisotopic (exact) mass is 2080 g/mol. The number of hydrogen-bond acceptors (Lipinski definition) is 15. The lowest BCUT2D eigenvalue weighted by Gasteiger charge is -2.11. The number of nitrogens with zero attached hydrogens (tertiary/aromatic N) is 10. The number of carboxylic acids is 1. The number of anilines is 3. The van der Waals surface area contributed by atoms with Crippen LogP contribution in [0.5, 0.6) is 0 Å². The topological polar surface area (TPSA) is 112 Å². The summed E-state index contributed by atoms with van der Waals surface area (Å²) in [6, 6.07) is 68.8.